The molecule has 0 amide bonds. The van der Waals surface area contributed by atoms with E-state index in [-0.39, 0.29) is 11.3 Å². The fraction of sp³-hybridized carbons (Fsp3) is 0.357. The Kier molecular flexibility index (Phi) is 4.87. The van der Waals surface area contributed by atoms with E-state index in [0.29, 0.717) is 0 Å². The van der Waals surface area contributed by atoms with Crippen LogP contribution in [-0.4, -0.2) is 21.0 Å². The van der Waals surface area contributed by atoms with Gasteiger partial charge in [0.05, 0.1) is 5.25 Å². The Balaban J connectivity index is 2.21. The Labute approximate surface area is 117 Å². The van der Waals surface area contributed by atoms with E-state index in [1.807, 2.05) is 37.6 Å². The van der Waals surface area contributed by atoms with Crippen molar-refractivity contribution in [1.29, 1.82) is 0 Å². The third-order valence-corrected chi connectivity index (χ3v) is 4.16. The average Bonchev–Trinajstić information content (AvgIpc) is 2.47. The fourth-order valence-corrected chi connectivity index (χ4v) is 2.81. The maximum Gasteiger partial charge on any atom is 0.188 e. The molecule has 19 heavy (non-hydrogen) atoms. The molecule has 100 valence electrons. The van der Waals surface area contributed by atoms with Gasteiger partial charge in [0.15, 0.2) is 5.16 Å². The molecule has 4 nitrogen and oxygen atoms in total. The summed E-state index contributed by atoms with van der Waals surface area (Å²) in [5, 5.41) is 0.879. The van der Waals surface area contributed by atoms with Crippen molar-refractivity contribution < 1.29 is 0 Å². The summed E-state index contributed by atoms with van der Waals surface area (Å²) in [6.45, 7) is 4.06. The summed E-state index contributed by atoms with van der Waals surface area (Å²) < 4.78 is 0. The average molecular weight is 274 g/mol. The number of thioether (sulfide) groups is 1. The first-order valence-corrected chi connectivity index (χ1v) is 7.19. The first-order valence-electron chi connectivity index (χ1n) is 6.31. The number of nitrogens with zero attached hydrogens (tertiary/aromatic N) is 3. The molecule has 0 aliphatic rings. The second-order valence-electron chi connectivity index (χ2n) is 4.44. The maximum atomic E-state index is 6.22. The minimum atomic E-state index is 0.0547. The highest BCUT2D eigenvalue weighted by Gasteiger charge is 2.21. The van der Waals surface area contributed by atoms with Crippen molar-refractivity contribution in [2.24, 2.45) is 5.73 Å². The Bertz CT molecular complexity index is 501. The Morgan fingerprint density at radius 3 is 2.58 bits per heavy atom. The number of hydrogen-bond donors (Lipinski definition) is 1. The molecule has 0 saturated carbocycles. The van der Waals surface area contributed by atoms with Crippen molar-refractivity contribution in [1.82, 2.24) is 15.0 Å². The monoisotopic (exact) mass is 274 g/mol. The van der Waals surface area contributed by atoms with Crippen LogP contribution in [-0.2, 0) is 0 Å². The zero-order chi connectivity index (χ0) is 13.7. The van der Waals surface area contributed by atoms with Crippen molar-refractivity contribution >= 4 is 11.8 Å². The van der Waals surface area contributed by atoms with Crippen molar-refractivity contribution in [3.8, 4) is 0 Å². The van der Waals surface area contributed by atoms with Crippen LogP contribution in [0.1, 0.15) is 29.7 Å². The van der Waals surface area contributed by atoms with E-state index < -0.39 is 0 Å². The van der Waals surface area contributed by atoms with Gasteiger partial charge in [0.1, 0.15) is 0 Å². The van der Waals surface area contributed by atoms with E-state index in [2.05, 4.69) is 21.9 Å². The van der Waals surface area contributed by atoms with Gasteiger partial charge in [-0.3, -0.25) is 4.98 Å². The molecule has 2 heterocycles. The van der Waals surface area contributed by atoms with E-state index in [4.69, 9.17) is 5.73 Å². The first-order chi connectivity index (χ1) is 9.20. The number of rotatable bonds is 5. The van der Waals surface area contributed by atoms with Gasteiger partial charge >= 0.3 is 0 Å². The van der Waals surface area contributed by atoms with Gasteiger partial charge < -0.3 is 5.73 Å². The minimum absolute atomic E-state index is 0.0547. The molecule has 2 rings (SSSR count). The Morgan fingerprint density at radius 2 is 2.00 bits per heavy atom. The van der Waals surface area contributed by atoms with Crippen molar-refractivity contribution in [3.05, 3.63) is 48.0 Å². The van der Waals surface area contributed by atoms with Gasteiger partial charge in [-0.2, -0.15) is 0 Å². The topological polar surface area (TPSA) is 64.7 Å². The lowest BCUT2D eigenvalue weighted by Gasteiger charge is -2.21. The lowest BCUT2D eigenvalue weighted by Crippen LogP contribution is -2.25. The molecule has 0 saturated heterocycles. The quantitative estimate of drug-likeness (QED) is 0.671. The van der Waals surface area contributed by atoms with Crippen LogP contribution in [0.5, 0.6) is 0 Å². The van der Waals surface area contributed by atoms with Crippen molar-refractivity contribution in [3.63, 3.8) is 0 Å². The van der Waals surface area contributed by atoms with Crippen LogP contribution < -0.4 is 5.73 Å². The van der Waals surface area contributed by atoms with Gasteiger partial charge in [0.2, 0.25) is 0 Å². The first kappa shape index (κ1) is 14.0. The van der Waals surface area contributed by atoms with Crippen LogP contribution in [0.25, 0.3) is 0 Å². The third-order valence-electron chi connectivity index (χ3n) is 2.86. The summed E-state index contributed by atoms with van der Waals surface area (Å²) >= 11 is 1.60. The maximum absolute atomic E-state index is 6.22. The zero-order valence-electron chi connectivity index (χ0n) is 11.2. The molecule has 0 radical (unpaired) electrons. The van der Waals surface area contributed by atoms with Gasteiger partial charge in [-0.15, -0.1) is 0 Å². The number of pyridine rings is 1. The summed E-state index contributed by atoms with van der Waals surface area (Å²) in [7, 11) is 0. The lowest BCUT2D eigenvalue weighted by molar-refractivity contribution is 0.631. The molecule has 0 aliphatic carbocycles. The predicted octanol–water partition coefficient (Wildman–Crippen LogP) is 2.75. The molecule has 2 N–H and O–H groups in total. The van der Waals surface area contributed by atoms with E-state index in [1.165, 1.54) is 0 Å². The van der Waals surface area contributed by atoms with Crippen molar-refractivity contribution in [2.75, 3.05) is 0 Å². The standard InChI is InChI=1S/C14H18N4S/c1-3-12(15)13(11-5-4-6-16-9-11)19-14-17-7-10(2)8-18-14/h4-9,12-13H,3,15H2,1-2H3. The SMILES string of the molecule is CCC(N)C(Sc1ncc(C)cn1)c1cccnc1. The van der Waals surface area contributed by atoms with E-state index in [1.54, 1.807) is 18.0 Å². The van der Waals surface area contributed by atoms with Crippen LogP contribution in [0.2, 0.25) is 0 Å². The van der Waals surface area contributed by atoms with E-state index in [0.717, 1.165) is 22.7 Å². The van der Waals surface area contributed by atoms with Gasteiger partial charge in [-0.05, 0) is 30.5 Å². The molecule has 2 unspecified atom stereocenters. The second-order valence-corrected chi connectivity index (χ2v) is 5.55. The predicted molar refractivity (Wildman–Crippen MR) is 77.9 cm³/mol. The molecule has 2 aromatic rings. The summed E-state index contributed by atoms with van der Waals surface area (Å²) in [6, 6.07) is 4.04. The molecule has 0 fully saturated rings. The van der Waals surface area contributed by atoms with Crippen LogP contribution in [0, 0.1) is 6.92 Å². The van der Waals surface area contributed by atoms with Gasteiger partial charge in [-0.1, -0.05) is 24.8 Å². The van der Waals surface area contributed by atoms with Crippen LogP contribution in [0.3, 0.4) is 0 Å². The molecule has 5 heteroatoms. The van der Waals surface area contributed by atoms with Crippen LogP contribution in [0.15, 0.2) is 42.1 Å². The highest BCUT2D eigenvalue weighted by atomic mass is 32.2. The molecule has 0 spiro atoms. The number of nitrogens with two attached hydrogens (primary N) is 1. The Hall–Kier alpha value is -1.46. The molecule has 0 bridgehead atoms. The summed E-state index contributed by atoms with van der Waals surface area (Å²) in [5.41, 5.74) is 8.40. The summed E-state index contributed by atoms with van der Waals surface area (Å²) in [6.07, 6.45) is 8.19. The highest BCUT2D eigenvalue weighted by molar-refractivity contribution is 7.99. The molecule has 2 aromatic heterocycles. The zero-order valence-corrected chi connectivity index (χ0v) is 12.0. The number of aromatic nitrogens is 3. The van der Waals surface area contributed by atoms with Gasteiger partial charge in [-0.25, -0.2) is 9.97 Å². The van der Waals surface area contributed by atoms with Crippen LogP contribution >= 0.6 is 11.8 Å². The number of hydrogen-bond acceptors (Lipinski definition) is 5. The molecular weight excluding hydrogens is 256 g/mol. The van der Waals surface area contributed by atoms with Gasteiger partial charge in [0, 0.05) is 30.8 Å². The minimum Gasteiger partial charge on any atom is -0.326 e. The molecule has 0 aliphatic heterocycles. The normalized spacial score (nSPS) is 14.1. The second kappa shape index (κ2) is 6.63. The Morgan fingerprint density at radius 1 is 1.26 bits per heavy atom. The molecule has 2 atom stereocenters. The van der Waals surface area contributed by atoms with E-state index in [9.17, 15) is 0 Å². The summed E-state index contributed by atoms with van der Waals surface area (Å²) in [4.78, 5) is 12.8. The van der Waals surface area contributed by atoms with Crippen molar-refractivity contribution in [2.45, 2.75) is 36.7 Å². The lowest BCUT2D eigenvalue weighted by atomic mass is 10.1. The fourth-order valence-electron chi connectivity index (χ4n) is 1.72. The third kappa shape index (κ3) is 3.75. The number of aryl methyl sites for hydroxylation is 1. The van der Waals surface area contributed by atoms with Gasteiger partial charge in [0.25, 0.3) is 0 Å². The summed E-state index contributed by atoms with van der Waals surface area (Å²) in [5.74, 6) is 0. The largest absolute Gasteiger partial charge is 0.326 e. The molecular formula is C14H18N4S. The molecule has 0 aromatic carbocycles. The smallest absolute Gasteiger partial charge is 0.188 e. The van der Waals surface area contributed by atoms with Crippen LogP contribution in [0.4, 0.5) is 0 Å². The highest BCUT2D eigenvalue weighted by Crippen LogP contribution is 2.35. The van der Waals surface area contributed by atoms with E-state index >= 15 is 0 Å².